The third-order valence-corrected chi connectivity index (χ3v) is 2.01. The maximum Gasteiger partial charge on any atom is 0.0927 e. The molecule has 0 bridgehead atoms. The van der Waals surface area contributed by atoms with Crippen LogP contribution in [0, 0.1) is 18.8 Å². The molecule has 0 aliphatic carbocycles. The molecule has 1 heterocycles. The molecule has 0 spiro atoms. The van der Waals surface area contributed by atoms with Crippen molar-refractivity contribution in [1.29, 1.82) is 0 Å². The van der Waals surface area contributed by atoms with Crippen LogP contribution in [0.4, 0.5) is 0 Å². The zero-order valence-corrected chi connectivity index (χ0v) is 7.68. The van der Waals surface area contributed by atoms with Crippen LogP contribution in [0.15, 0.2) is 12.3 Å². The minimum atomic E-state index is 0.541. The predicted octanol–water partition coefficient (Wildman–Crippen LogP) is 1.40. The Morgan fingerprint density at radius 2 is 2.25 bits per heavy atom. The predicted molar refractivity (Wildman–Crippen MR) is 51.6 cm³/mol. The number of piperidine rings is 1. The monoisotopic (exact) mass is 167 g/mol. The van der Waals surface area contributed by atoms with Crippen molar-refractivity contribution >= 4 is 0 Å². The second-order valence-electron chi connectivity index (χ2n) is 2.71. The SMILES string of the molecule is C#C.C=C(OC)[C@@H]1CCCNC1. The van der Waals surface area contributed by atoms with Gasteiger partial charge in [0.1, 0.15) is 0 Å². The highest BCUT2D eigenvalue weighted by Crippen LogP contribution is 2.17. The average molecular weight is 167 g/mol. The van der Waals surface area contributed by atoms with Gasteiger partial charge in [-0.3, -0.25) is 0 Å². The van der Waals surface area contributed by atoms with Crippen LogP contribution in [0.2, 0.25) is 0 Å². The lowest BCUT2D eigenvalue weighted by molar-refractivity contribution is 0.222. The molecule has 1 N–H and O–H groups in total. The second-order valence-corrected chi connectivity index (χ2v) is 2.71. The van der Waals surface area contributed by atoms with E-state index in [9.17, 15) is 0 Å². The third-order valence-electron chi connectivity index (χ3n) is 2.01. The largest absolute Gasteiger partial charge is 0.501 e. The van der Waals surface area contributed by atoms with Crippen molar-refractivity contribution in [2.24, 2.45) is 5.92 Å². The summed E-state index contributed by atoms with van der Waals surface area (Å²) in [6.07, 6.45) is 10.5. The zero-order chi connectivity index (χ0) is 9.40. The molecule has 1 atom stereocenters. The summed E-state index contributed by atoms with van der Waals surface area (Å²) >= 11 is 0. The Bertz CT molecular complexity index is 145. The highest BCUT2D eigenvalue weighted by Gasteiger charge is 2.15. The minimum absolute atomic E-state index is 0.541. The average Bonchev–Trinajstić information content (AvgIpc) is 2.21. The number of rotatable bonds is 2. The normalized spacial score (nSPS) is 21.8. The zero-order valence-electron chi connectivity index (χ0n) is 7.68. The van der Waals surface area contributed by atoms with Gasteiger partial charge in [0.15, 0.2) is 0 Å². The molecule has 2 heteroatoms. The fourth-order valence-electron chi connectivity index (χ4n) is 1.29. The van der Waals surface area contributed by atoms with Gasteiger partial charge >= 0.3 is 0 Å². The van der Waals surface area contributed by atoms with E-state index in [0.717, 1.165) is 18.8 Å². The van der Waals surface area contributed by atoms with Gasteiger partial charge in [-0.15, -0.1) is 12.8 Å². The number of hydrogen-bond acceptors (Lipinski definition) is 2. The molecule has 12 heavy (non-hydrogen) atoms. The first kappa shape index (κ1) is 11.1. The number of terminal acetylenes is 1. The first-order valence-electron chi connectivity index (χ1n) is 4.11. The van der Waals surface area contributed by atoms with Crippen LogP contribution in [0.25, 0.3) is 0 Å². The van der Waals surface area contributed by atoms with Gasteiger partial charge in [-0.2, -0.15) is 0 Å². The van der Waals surface area contributed by atoms with Gasteiger partial charge in [0.25, 0.3) is 0 Å². The van der Waals surface area contributed by atoms with E-state index in [1.165, 1.54) is 12.8 Å². The van der Waals surface area contributed by atoms with Crippen molar-refractivity contribution in [1.82, 2.24) is 5.32 Å². The molecule has 68 valence electrons. The van der Waals surface area contributed by atoms with Crippen LogP contribution >= 0.6 is 0 Å². The summed E-state index contributed by atoms with van der Waals surface area (Å²) in [7, 11) is 1.69. The van der Waals surface area contributed by atoms with E-state index in [1.807, 2.05) is 0 Å². The molecule has 2 nitrogen and oxygen atoms in total. The van der Waals surface area contributed by atoms with Crippen LogP contribution in [-0.4, -0.2) is 20.2 Å². The fraction of sp³-hybridized carbons (Fsp3) is 0.600. The van der Waals surface area contributed by atoms with Crippen molar-refractivity contribution in [3.63, 3.8) is 0 Å². The highest BCUT2D eigenvalue weighted by molar-refractivity contribution is 4.93. The summed E-state index contributed by atoms with van der Waals surface area (Å²) in [4.78, 5) is 0. The molecule has 0 aromatic rings. The maximum absolute atomic E-state index is 5.06. The minimum Gasteiger partial charge on any atom is -0.501 e. The summed E-state index contributed by atoms with van der Waals surface area (Å²) < 4.78 is 5.06. The Morgan fingerprint density at radius 3 is 2.67 bits per heavy atom. The second kappa shape index (κ2) is 6.75. The van der Waals surface area contributed by atoms with Gasteiger partial charge in [0.05, 0.1) is 12.9 Å². The molecule has 0 amide bonds. The van der Waals surface area contributed by atoms with Crippen molar-refractivity contribution in [2.45, 2.75) is 12.8 Å². The molecule has 0 radical (unpaired) electrons. The van der Waals surface area contributed by atoms with E-state index in [-0.39, 0.29) is 0 Å². The highest BCUT2D eigenvalue weighted by atomic mass is 16.5. The van der Waals surface area contributed by atoms with Crippen molar-refractivity contribution < 1.29 is 4.74 Å². The topological polar surface area (TPSA) is 21.3 Å². The molecule has 1 aliphatic rings. The van der Waals surface area contributed by atoms with E-state index in [2.05, 4.69) is 24.7 Å². The molecule has 1 fully saturated rings. The summed E-state index contributed by atoms with van der Waals surface area (Å²) in [5.74, 6) is 1.46. The van der Waals surface area contributed by atoms with E-state index in [0.29, 0.717) is 5.92 Å². The van der Waals surface area contributed by atoms with E-state index >= 15 is 0 Å². The molecule has 0 aromatic heterocycles. The smallest absolute Gasteiger partial charge is 0.0927 e. The van der Waals surface area contributed by atoms with Crippen LogP contribution in [0.1, 0.15) is 12.8 Å². The Morgan fingerprint density at radius 1 is 1.58 bits per heavy atom. The molecule has 0 aromatic carbocycles. The summed E-state index contributed by atoms with van der Waals surface area (Å²) in [5.41, 5.74) is 0. The number of hydrogen-bond donors (Lipinski definition) is 1. The lowest BCUT2D eigenvalue weighted by Crippen LogP contribution is -2.30. The van der Waals surface area contributed by atoms with E-state index < -0.39 is 0 Å². The molecule has 1 saturated heterocycles. The summed E-state index contributed by atoms with van der Waals surface area (Å²) in [6, 6.07) is 0. The van der Waals surface area contributed by atoms with Gasteiger partial charge < -0.3 is 10.1 Å². The van der Waals surface area contributed by atoms with Crippen LogP contribution < -0.4 is 5.32 Å². The van der Waals surface area contributed by atoms with Crippen molar-refractivity contribution in [3.05, 3.63) is 12.3 Å². The summed E-state index contributed by atoms with van der Waals surface area (Å²) in [6.45, 7) is 6.02. The Balaban J connectivity index is 0.000000561. The van der Waals surface area contributed by atoms with Crippen LogP contribution in [0.5, 0.6) is 0 Å². The van der Waals surface area contributed by atoms with Gasteiger partial charge in [-0.1, -0.05) is 6.58 Å². The molecule has 1 rings (SSSR count). The van der Waals surface area contributed by atoms with Gasteiger partial charge in [-0.25, -0.2) is 0 Å². The van der Waals surface area contributed by atoms with Gasteiger partial charge in [-0.05, 0) is 19.4 Å². The first-order chi connectivity index (χ1) is 5.84. The Hall–Kier alpha value is -0.940. The van der Waals surface area contributed by atoms with Crippen molar-refractivity contribution in [2.75, 3.05) is 20.2 Å². The number of ether oxygens (including phenoxy) is 1. The molecule has 0 saturated carbocycles. The number of methoxy groups -OCH3 is 1. The van der Waals surface area contributed by atoms with E-state index in [1.54, 1.807) is 7.11 Å². The third kappa shape index (κ3) is 3.45. The van der Waals surface area contributed by atoms with Crippen LogP contribution in [0.3, 0.4) is 0 Å². The fourth-order valence-corrected chi connectivity index (χ4v) is 1.29. The lowest BCUT2D eigenvalue weighted by atomic mass is 9.98. The molecular formula is C10H17NO. The summed E-state index contributed by atoms with van der Waals surface area (Å²) in [5, 5.41) is 3.31. The maximum atomic E-state index is 5.06. The number of nitrogens with one attached hydrogen (secondary N) is 1. The molecular weight excluding hydrogens is 150 g/mol. The molecule has 0 unspecified atom stereocenters. The standard InChI is InChI=1S/C8H15NO.C2H2/c1-7(10-2)8-4-3-5-9-6-8;1-2/h8-9H,1,3-6H2,2H3;1-2H/t8-;/m1./s1. The Labute approximate surface area is 75.0 Å². The Kier molecular flexibility index (Phi) is 6.22. The molecule has 1 aliphatic heterocycles. The lowest BCUT2D eigenvalue weighted by Gasteiger charge is -2.23. The van der Waals surface area contributed by atoms with E-state index in [4.69, 9.17) is 4.74 Å². The first-order valence-corrected chi connectivity index (χ1v) is 4.11. The van der Waals surface area contributed by atoms with Gasteiger partial charge in [0, 0.05) is 12.5 Å². The van der Waals surface area contributed by atoms with Crippen LogP contribution in [-0.2, 0) is 4.74 Å². The quantitative estimate of drug-likeness (QED) is 0.496. The van der Waals surface area contributed by atoms with Crippen molar-refractivity contribution in [3.8, 4) is 12.8 Å². The van der Waals surface area contributed by atoms with Gasteiger partial charge in [0.2, 0.25) is 0 Å².